The van der Waals surface area contributed by atoms with Gasteiger partial charge in [0.05, 0.1) is 24.7 Å². The number of hydrogen-bond acceptors (Lipinski definition) is 5. The third-order valence-corrected chi connectivity index (χ3v) is 7.69. The lowest BCUT2D eigenvalue weighted by Gasteiger charge is -2.39. The van der Waals surface area contributed by atoms with Crippen molar-refractivity contribution in [2.75, 3.05) is 20.2 Å². The van der Waals surface area contributed by atoms with Gasteiger partial charge in [0.2, 0.25) is 17.7 Å². The molecule has 218 valence electrons. The zero-order valence-electron chi connectivity index (χ0n) is 25.1. The van der Waals surface area contributed by atoms with Gasteiger partial charge in [-0.3, -0.25) is 19.3 Å². The van der Waals surface area contributed by atoms with Crippen molar-refractivity contribution < 1.29 is 19.5 Å². The third kappa shape index (κ3) is 8.90. The summed E-state index contributed by atoms with van der Waals surface area (Å²) in [6, 6.07) is 7.81. The Morgan fingerprint density at radius 2 is 1.67 bits per heavy atom. The van der Waals surface area contributed by atoms with Crippen LogP contribution in [-0.2, 0) is 14.4 Å². The highest BCUT2D eigenvalue weighted by atomic mass is 16.3. The van der Waals surface area contributed by atoms with Crippen molar-refractivity contribution in [1.29, 1.82) is 0 Å². The lowest BCUT2D eigenvalue weighted by atomic mass is 9.95. The number of nitrogens with one attached hydrogen (secondary N) is 2. The number of aliphatic hydroxyl groups is 1. The number of carbonyl (C=O) groups is 3. The third-order valence-electron chi connectivity index (χ3n) is 7.69. The molecule has 39 heavy (non-hydrogen) atoms. The van der Waals surface area contributed by atoms with E-state index in [1.54, 1.807) is 24.9 Å². The van der Waals surface area contributed by atoms with Gasteiger partial charge in [0.1, 0.15) is 6.04 Å². The fourth-order valence-electron chi connectivity index (χ4n) is 5.26. The van der Waals surface area contributed by atoms with Crippen molar-refractivity contribution in [2.45, 2.75) is 97.9 Å². The number of nitrogens with zero attached hydrogens (tertiary/aromatic N) is 2. The Bertz CT molecular complexity index is 976. The summed E-state index contributed by atoms with van der Waals surface area (Å²) in [7, 11) is 1.73. The van der Waals surface area contributed by atoms with Crippen molar-refractivity contribution in [1.82, 2.24) is 20.4 Å². The summed E-state index contributed by atoms with van der Waals surface area (Å²) >= 11 is 0. The Labute approximate surface area is 235 Å². The van der Waals surface area contributed by atoms with E-state index >= 15 is 0 Å². The van der Waals surface area contributed by atoms with Crippen molar-refractivity contribution >= 4 is 17.7 Å². The van der Waals surface area contributed by atoms with E-state index in [4.69, 9.17) is 0 Å². The molecule has 1 unspecified atom stereocenters. The first-order valence-electron chi connectivity index (χ1n) is 14.4. The van der Waals surface area contributed by atoms with Gasteiger partial charge < -0.3 is 20.6 Å². The predicted octanol–water partition coefficient (Wildman–Crippen LogP) is 3.67. The quantitative estimate of drug-likeness (QED) is 0.350. The molecule has 1 heterocycles. The maximum Gasteiger partial charge on any atom is 0.247 e. The molecule has 0 bridgehead atoms. The van der Waals surface area contributed by atoms with Crippen molar-refractivity contribution in [3.8, 4) is 0 Å². The fourth-order valence-corrected chi connectivity index (χ4v) is 5.26. The van der Waals surface area contributed by atoms with Gasteiger partial charge in [0.15, 0.2) is 0 Å². The van der Waals surface area contributed by atoms with E-state index in [0.717, 1.165) is 31.4 Å². The van der Waals surface area contributed by atoms with Crippen molar-refractivity contribution in [3.63, 3.8) is 0 Å². The van der Waals surface area contributed by atoms with Crippen LogP contribution in [0.5, 0.6) is 0 Å². The average molecular weight is 543 g/mol. The van der Waals surface area contributed by atoms with Crippen LogP contribution in [0.2, 0.25) is 0 Å². The molecule has 1 saturated heterocycles. The van der Waals surface area contributed by atoms with Crippen molar-refractivity contribution in [3.05, 3.63) is 47.5 Å². The Kier molecular flexibility index (Phi) is 12.6. The Morgan fingerprint density at radius 1 is 1.03 bits per heavy atom. The first-order valence-corrected chi connectivity index (χ1v) is 14.4. The SMILES string of the molecule is CC(=C[C@H](C(C)C)N(C)C(=O)[C@@H](NC(=O)[C@H]1CCCCN1C(C)C)C(C)C)C(=O)NC(CO)c1ccccc1. The van der Waals surface area contributed by atoms with Crippen LogP contribution in [0.1, 0.15) is 79.3 Å². The van der Waals surface area contributed by atoms with E-state index in [2.05, 4.69) is 29.4 Å². The Balaban J connectivity index is 2.18. The molecule has 3 amide bonds. The van der Waals surface area contributed by atoms with Gasteiger partial charge in [0.25, 0.3) is 0 Å². The fraction of sp³-hybridized carbons (Fsp3) is 0.645. The largest absolute Gasteiger partial charge is 0.394 e. The molecule has 0 aliphatic carbocycles. The highest BCUT2D eigenvalue weighted by Gasteiger charge is 2.36. The summed E-state index contributed by atoms with van der Waals surface area (Å²) in [5.74, 6) is -0.637. The molecule has 3 N–H and O–H groups in total. The van der Waals surface area contributed by atoms with Gasteiger partial charge in [-0.25, -0.2) is 0 Å². The van der Waals surface area contributed by atoms with E-state index in [1.165, 1.54) is 0 Å². The van der Waals surface area contributed by atoms with Crippen LogP contribution in [-0.4, -0.2) is 77.0 Å². The summed E-state index contributed by atoms with van der Waals surface area (Å²) in [5.41, 5.74) is 1.28. The molecule has 0 spiro atoms. The number of benzene rings is 1. The van der Waals surface area contributed by atoms with Crippen LogP contribution in [0.3, 0.4) is 0 Å². The molecule has 1 fully saturated rings. The summed E-state index contributed by atoms with van der Waals surface area (Å²) < 4.78 is 0. The van der Waals surface area contributed by atoms with E-state index in [0.29, 0.717) is 5.57 Å². The zero-order valence-corrected chi connectivity index (χ0v) is 25.1. The summed E-state index contributed by atoms with van der Waals surface area (Å²) in [6.07, 6.45) is 4.68. The molecule has 1 aliphatic heterocycles. The van der Waals surface area contributed by atoms with Crippen LogP contribution in [0.25, 0.3) is 0 Å². The van der Waals surface area contributed by atoms with Gasteiger partial charge >= 0.3 is 0 Å². The minimum Gasteiger partial charge on any atom is -0.394 e. The predicted molar refractivity (Wildman–Crippen MR) is 156 cm³/mol. The van der Waals surface area contributed by atoms with Crippen LogP contribution >= 0.6 is 0 Å². The maximum absolute atomic E-state index is 13.8. The maximum atomic E-state index is 13.8. The van der Waals surface area contributed by atoms with E-state index < -0.39 is 12.1 Å². The molecule has 1 aromatic rings. The Hall–Kier alpha value is -2.71. The van der Waals surface area contributed by atoms with E-state index in [1.807, 2.05) is 58.0 Å². The summed E-state index contributed by atoms with van der Waals surface area (Å²) in [5, 5.41) is 15.8. The molecule has 8 nitrogen and oxygen atoms in total. The molecule has 8 heteroatoms. The lowest BCUT2D eigenvalue weighted by Crippen LogP contribution is -2.58. The van der Waals surface area contributed by atoms with Gasteiger partial charge in [0, 0.05) is 18.7 Å². The number of hydrogen-bond donors (Lipinski definition) is 3. The van der Waals surface area contributed by atoms with Crippen LogP contribution < -0.4 is 10.6 Å². The minimum absolute atomic E-state index is 0.0303. The number of rotatable bonds is 12. The molecular formula is C31H50N4O4. The molecule has 0 radical (unpaired) electrons. The zero-order chi connectivity index (χ0) is 29.3. The second kappa shape index (κ2) is 15.2. The molecule has 0 saturated carbocycles. The van der Waals surface area contributed by atoms with Gasteiger partial charge in [-0.15, -0.1) is 0 Å². The highest BCUT2D eigenvalue weighted by Crippen LogP contribution is 2.22. The average Bonchev–Trinajstić information content (AvgIpc) is 2.92. The highest BCUT2D eigenvalue weighted by molar-refractivity contribution is 5.93. The molecule has 4 atom stereocenters. The lowest BCUT2D eigenvalue weighted by molar-refractivity contribution is -0.140. The van der Waals surface area contributed by atoms with Crippen LogP contribution in [0.15, 0.2) is 42.0 Å². The van der Waals surface area contributed by atoms with E-state index in [-0.39, 0.29) is 54.3 Å². The number of piperidine rings is 1. The molecular weight excluding hydrogens is 492 g/mol. The number of likely N-dealkylation sites (tertiary alicyclic amines) is 1. The summed E-state index contributed by atoms with van der Waals surface area (Å²) in [6.45, 7) is 14.5. The molecule has 1 aromatic carbocycles. The Morgan fingerprint density at radius 3 is 2.21 bits per heavy atom. The van der Waals surface area contributed by atoms with Crippen LogP contribution in [0, 0.1) is 11.8 Å². The second-order valence-electron chi connectivity index (χ2n) is 11.7. The number of carbonyl (C=O) groups excluding carboxylic acids is 3. The monoisotopic (exact) mass is 542 g/mol. The molecule has 1 aliphatic rings. The number of amides is 3. The van der Waals surface area contributed by atoms with Crippen molar-refractivity contribution in [2.24, 2.45) is 11.8 Å². The molecule has 0 aromatic heterocycles. The van der Waals surface area contributed by atoms with Crippen LogP contribution in [0.4, 0.5) is 0 Å². The summed E-state index contributed by atoms with van der Waals surface area (Å²) in [4.78, 5) is 44.0. The minimum atomic E-state index is -0.668. The first-order chi connectivity index (χ1) is 18.4. The first kappa shape index (κ1) is 32.5. The standard InChI is InChI=1S/C31H50N4O4/c1-20(2)27(18-23(7)29(37)32-25(19-36)24-14-10-9-11-15-24)34(8)31(39)28(21(3)4)33-30(38)26-16-12-13-17-35(26)22(5)6/h9-11,14-15,18,20-22,25-28,36H,12-13,16-17,19H2,1-8H3,(H,32,37)(H,33,38)/t25?,26-,27-,28+/m1/s1. The van der Waals surface area contributed by atoms with Gasteiger partial charge in [-0.2, -0.15) is 0 Å². The van der Waals surface area contributed by atoms with E-state index in [9.17, 15) is 19.5 Å². The number of aliphatic hydroxyl groups excluding tert-OH is 1. The van der Waals surface area contributed by atoms with Gasteiger partial charge in [-0.1, -0.05) is 70.5 Å². The normalized spacial score (nSPS) is 19.1. The molecule has 2 rings (SSSR count). The van der Waals surface area contributed by atoms with Gasteiger partial charge in [-0.05, 0) is 57.6 Å². The topological polar surface area (TPSA) is 102 Å². The smallest absolute Gasteiger partial charge is 0.247 e. The second-order valence-corrected chi connectivity index (χ2v) is 11.7. The number of likely N-dealkylation sites (N-methyl/N-ethyl adjacent to an activating group) is 1.